The first-order chi connectivity index (χ1) is 34.8. The van der Waals surface area contributed by atoms with Gasteiger partial charge in [0, 0.05) is 73.0 Å². The SMILES string of the molecule is CCCCC[C@H]1C/C=C2/C(=O)C(F)=C[C@@H]2C/C=C\CCCC(=O)O[C@@H](CCCCC)C/C=C2/C(=O)C(F)=C[C@@H]2C/C=C\CCCC(=O)O[C@@H](CCCCC)C/C=C2/C(=O)C(F)=C[C@@H]2C/C=C\CCCC(=O)O1. The van der Waals surface area contributed by atoms with E-state index in [0.717, 1.165) is 57.8 Å². The van der Waals surface area contributed by atoms with Gasteiger partial charge in [0.1, 0.15) is 18.3 Å². The van der Waals surface area contributed by atoms with Gasteiger partial charge < -0.3 is 14.2 Å². The Kier molecular flexibility index (Phi) is 27.7. The van der Waals surface area contributed by atoms with Crippen LogP contribution in [0.2, 0.25) is 0 Å². The van der Waals surface area contributed by atoms with Crippen LogP contribution in [0.25, 0.3) is 0 Å². The van der Waals surface area contributed by atoms with Gasteiger partial charge in [-0.1, -0.05) is 114 Å². The molecule has 6 atom stereocenters. The molecule has 4 rings (SSSR count). The number of ether oxygens (including phenoxy) is 3. The highest BCUT2D eigenvalue weighted by molar-refractivity contribution is 6.11. The maximum atomic E-state index is 14.7. The summed E-state index contributed by atoms with van der Waals surface area (Å²) in [6.07, 6.45) is 34.9. The van der Waals surface area contributed by atoms with Gasteiger partial charge >= 0.3 is 17.9 Å². The number of allylic oxidation sites excluding steroid dienone is 15. The predicted octanol–water partition coefficient (Wildman–Crippen LogP) is 14.9. The average molecular weight is 1000 g/mol. The molecule has 0 bridgehead atoms. The van der Waals surface area contributed by atoms with Crippen molar-refractivity contribution >= 4 is 35.3 Å². The molecular formula is C60H81F3O9. The lowest BCUT2D eigenvalue weighted by Crippen LogP contribution is -2.18. The van der Waals surface area contributed by atoms with E-state index in [2.05, 4.69) is 20.8 Å². The Labute approximate surface area is 427 Å². The third-order valence-electron chi connectivity index (χ3n) is 13.7. The Bertz CT molecular complexity index is 1870. The summed E-state index contributed by atoms with van der Waals surface area (Å²) in [4.78, 5) is 77.9. The van der Waals surface area contributed by atoms with Crippen molar-refractivity contribution in [3.63, 3.8) is 0 Å². The summed E-state index contributed by atoms with van der Waals surface area (Å²) in [5, 5.41) is 0. The Balaban J connectivity index is 1.50. The number of fused-ring (bicyclic) bond motifs is 3. The second-order valence-electron chi connectivity index (χ2n) is 19.7. The molecular weight excluding hydrogens is 922 g/mol. The largest absolute Gasteiger partial charge is 0.462 e. The van der Waals surface area contributed by atoms with Crippen molar-refractivity contribution in [2.24, 2.45) is 17.8 Å². The maximum absolute atomic E-state index is 14.7. The molecule has 0 aromatic carbocycles. The van der Waals surface area contributed by atoms with E-state index in [1.54, 1.807) is 18.2 Å². The molecule has 0 radical (unpaired) electrons. The molecule has 4 aliphatic rings. The van der Waals surface area contributed by atoms with Crippen LogP contribution in [0.3, 0.4) is 0 Å². The van der Waals surface area contributed by atoms with Gasteiger partial charge in [-0.25, -0.2) is 13.2 Å². The average Bonchev–Trinajstić information content (AvgIpc) is 3.90. The number of cyclic esters (lactones) is 3. The standard InChI is InChI=1S/C60H81F3O9/c1-4-7-16-28-46-34-37-49-43(40-52(61)58(49)67)25-19-11-14-23-32-56(65)71-48(30-18-9-6-3)36-39-51-45(42-54(63)60(51)69)27-21-12-15-24-33-57(66)72-47(29-17-8-5-2)35-38-50-44(41-53(62)59(50)68)26-20-10-13-22-31-55(64)70-46/h10-12,19-21,37-48H,4-9,13-18,22-36H2,1-3H3/b19-11-,20-10-,21-12-,49-37+,50-38+,51-39+/t43-,44-,45-,46-,47-,48-/m0/s1. The second-order valence-corrected chi connectivity index (χ2v) is 19.7. The number of unbranched alkanes of at least 4 members (excludes halogenated alkanes) is 6. The fourth-order valence-corrected chi connectivity index (χ4v) is 9.49. The Morgan fingerprint density at radius 1 is 0.403 bits per heavy atom. The van der Waals surface area contributed by atoms with Gasteiger partial charge in [0.15, 0.2) is 17.5 Å². The molecule has 0 N–H and O–H groups in total. The molecule has 0 saturated heterocycles. The minimum Gasteiger partial charge on any atom is -0.462 e. The van der Waals surface area contributed by atoms with Crippen LogP contribution in [-0.2, 0) is 43.0 Å². The van der Waals surface area contributed by atoms with Gasteiger partial charge in [-0.2, -0.15) is 0 Å². The van der Waals surface area contributed by atoms with Crippen molar-refractivity contribution in [3.8, 4) is 0 Å². The summed E-state index contributed by atoms with van der Waals surface area (Å²) in [6.45, 7) is 6.24. The van der Waals surface area contributed by atoms with Gasteiger partial charge in [-0.05, 0) is 115 Å². The minimum absolute atomic E-state index is 0.169. The molecule has 0 amide bonds. The molecule has 0 aromatic rings. The Hall–Kier alpha value is -5.13. The summed E-state index contributed by atoms with van der Waals surface area (Å²) in [5.41, 5.74) is 1.01. The zero-order valence-corrected chi connectivity index (χ0v) is 43.3. The first-order valence-electron chi connectivity index (χ1n) is 27.2. The molecule has 0 spiro atoms. The lowest BCUT2D eigenvalue weighted by atomic mass is 9.95. The summed E-state index contributed by atoms with van der Waals surface area (Å²) in [6, 6.07) is 0. The molecule has 1 heterocycles. The molecule has 0 unspecified atom stereocenters. The van der Waals surface area contributed by atoms with Gasteiger partial charge in [0.2, 0.25) is 17.3 Å². The highest BCUT2D eigenvalue weighted by Crippen LogP contribution is 2.34. The van der Waals surface area contributed by atoms with E-state index in [4.69, 9.17) is 14.2 Å². The quantitative estimate of drug-likeness (QED) is 0.0812. The third-order valence-corrected chi connectivity index (χ3v) is 13.7. The maximum Gasteiger partial charge on any atom is 0.306 e. The van der Waals surface area contributed by atoms with Crippen molar-refractivity contribution in [1.29, 1.82) is 0 Å². The molecule has 1 aliphatic heterocycles. The molecule has 3 aliphatic carbocycles. The molecule has 72 heavy (non-hydrogen) atoms. The second kappa shape index (κ2) is 33.6. The van der Waals surface area contributed by atoms with Crippen LogP contribution in [0.4, 0.5) is 13.2 Å². The van der Waals surface area contributed by atoms with Gasteiger partial charge in [0.25, 0.3) is 0 Å². The summed E-state index contributed by atoms with van der Waals surface area (Å²) < 4.78 is 61.9. The van der Waals surface area contributed by atoms with E-state index in [1.807, 2.05) is 36.5 Å². The van der Waals surface area contributed by atoms with Gasteiger partial charge in [-0.3, -0.25) is 28.8 Å². The number of carbonyl (C=O) groups excluding carboxylic acids is 6. The number of Topliss-reactive ketones (excluding diaryl/α,β-unsaturated/α-hetero) is 3. The van der Waals surface area contributed by atoms with Crippen molar-refractivity contribution in [1.82, 2.24) is 0 Å². The van der Waals surface area contributed by atoms with Crippen LogP contribution in [0.15, 0.2) is 107 Å². The number of hydrogen-bond acceptors (Lipinski definition) is 9. The number of hydrogen-bond donors (Lipinski definition) is 0. The van der Waals surface area contributed by atoms with Crippen LogP contribution >= 0.6 is 0 Å². The molecule has 12 heteroatoms. The fourth-order valence-electron chi connectivity index (χ4n) is 9.49. The van der Waals surface area contributed by atoms with Crippen molar-refractivity contribution in [2.75, 3.05) is 0 Å². The highest BCUT2D eigenvalue weighted by Gasteiger charge is 2.32. The predicted molar refractivity (Wildman–Crippen MR) is 276 cm³/mol. The monoisotopic (exact) mass is 1000 g/mol. The Morgan fingerprint density at radius 3 is 0.944 bits per heavy atom. The number of halogens is 3. The van der Waals surface area contributed by atoms with Crippen LogP contribution in [0.5, 0.6) is 0 Å². The van der Waals surface area contributed by atoms with E-state index in [9.17, 15) is 41.9 Å². The molecule has 0 saturated carbocycles. The minimum atomic E-state index is -0.803. The number of esters is 3. The van der Waals surface area contributed by atoms with E-state index >= 15 is 0 Å². The van der Waals surface area contributed by atoms with Crippen LogP contribution < -0.4 is 0 Å². The third kappa shape index (κ3) is 21.1. The van der Waals surface area contributed by atoms with Gasteiger partial charge in [0.05, 0.1) is 0 Å². The van der Waals surface area contributed by atoms with E-state index in [0.29, 0.717) is 93.8 Å². The highest BCUT2D eigenvalue weighted by atomic mass is 19.1. The number of rotatable bonds is 12. The Morgan fingerprint density at radius 2 is 0.681 bits per heavy atom. The summed E-state index contributed by atoms with van der Waals surface area (Å²) >= 11 is 0. The van der Waals surface area contributed by atoms with Crippen LogP contribution in [-0.4, -0.2) is 53.6 Å². The smallest absolute Gasteiger partial charge is 0.306 e. The fraction of sp³-hybridized carbons (Fsp3) is 0.600. The van der Waals surface area contributed by atoms with E-state index in [-0.39, 0.29) is 56.4 Å². The van der Waals surface area contributed by atoms with Crippen molar-refractivity contribution in [2.45, 2.75) is 212 Å². The zero-order valence-electron chi connectivity index (χ0n) is 43.3. The summed E-state index contributed by atoms with van der Waals surface area (Å²) in [5.74, 6) is -6.88. The van der Waals surface area contributed by atoms with Crippen molar-refractivity contribution < 1.29 is 56.1 Å². The van der Waals surface area contributed by atoms with Crippen LogP contribution in [0, 0.1) is 17.8 Å². The molecule has 0 fully saturated rings. The topological polar surface area (TPSA) is 130 Å². The van der Waals surface area contributed by atoms with Gasteiger partial charge in [-0.15, -0.1) is 0 Å². The normalized spacial score (nSPS) is 29.2. The summed E-state index contributed by atoms with van der Waals surface area (Å²) in [7, 11) is 0. The lowest BCUT2D eigenvalue weighted by Gasteiger charge is -2.17. The number of ketones is 3. The first kappa shape index (κ1) is 59.4. The lowest BCUT2D eigenvalue weighted by molar-refractivity contribution is -0.150. The first-order valence-corrected chi connectivity index (χ1v) is 27.2. The number of carbonyl (C=O) groups is 6. The van der Waals surface area contributed by atoms with E-state index < -0.39 is 70.9 Å². The molecule has 0 aromatic heterocycles. The molecule has 396 valence electrons. The zero-order chi connectivity index (χ0) is 52.1. The van der Waals surface area contributed by atoms with Crippen molar-refractivity contribution in [3.05, 3.63) is 107 Å². The van der Waals surface area contributed by atoms with Crippen LogP contribution in [0.1, 0.15) is 194 Å². The molecule has 9 nitrogen and oxygen atoms in total. The van der Waals surface area contributed by atoms with E-state index in [1.165, 1.54) is 18.2 Å².